The van der Waals surface area contributed by atoms with Crippen molar-refractivity contribution in [1.29, 1.82) is 0 Å². The number of carbonyl (C=O) groups is 1. The molecular formula is C21H25ClF2N2OS. The van der Waals surface area contributed by atoms with Gasteiger partial charge >= 0.3 is 0 Å². The van der Waals surface area contributed by atoms with Crippen molar-refractivity contribution in [3.8, 4) is 0 Å². The van der Waals surface area contributed by atoms with Gasteiger partial charge in [-0.3, -0.25) is 4.79 Å². The van der Waals surface area contributed by atoms with Gasteiger partial charge in [-0.1, -0.05) is 12.1 Å². The first-order valence-corrected chi connectivity index (χ1v) is 10.4. The maximum Gasteiger partial charge on any atom is 0.220 e. The van der Waals surface area contributed by atoms with Crippen LogP contribution in [-0.2, 0) is 4.79 Å². The van der Waals surface area contributed by atoms with Crippen molar-refractivity contribution >= 4 is 30.1 Å². The highest BCUT2D eigenvalue weighted by molar-refractivity contribution is 7.98. The average Bonchev–Trinajstić information content (AvgIpc) is 3.20. The second kappa shape index (κ2) is 10.8. The number of thioether (sulfide) groups is 1. The van der Waals surface area contributed by atoms with Crippen LogP contribution in [0.25, 0.3) is 0 Å². The molecule has 2 N–H and O–H groups in total. The Labute approximate surface area is 175 Å². The van der Waals surface area contributed by atoms with E-state index in [4.69, 9.17) is 0 Å². The molecule has 1 aliphatic rings. The van der Waals surface area contributed by atoms with E-state index in [2.05, 4.69) is 10.6 Å². The highest BCUT2D eigenvalue weighted by Gasteiger charge is 2.22. The van der Waals surface area contributed by atoms with Gasteiger partial charge in [0.25, 0.3) is 0 Å². The highest BCUT2D eigenvalue weighted by atomic mass is 35.5. The Bertz CT molecular complexity index is 800. The van der Waals surface area contributed by atoms with Crippen LogP contribution in [0.15, 0.2) is 47.4 Å². The van der Waals surface area contributed by atoms with Crippen LogP contribution in [0.4, 0.5) is 8.78 Å². The summed E-state index contributed by atoms with van der Waals surface area (Å²) in [5.74, 6) is -0.704. The fourth-order valence-electron chi connectivity index (χ4n) is 3.43. The molecule has 0 radical (unpaired) electrons. The molecule has 1 amide bonds. The Morgan fingerprint density at radius 3 is 2.82 bits per heavy atom. The van der Waals surface area contributed by atoms with E-state index in [1.807, 2.05) is 30.5 Å². The van der Waals surface area contributed by atoms with Gasteiger partial charge < -0.3 is 10.6 Å². The topological polar surface area (TPSA) is 41.1 Å². The van der Waals surface area contributed by atoms with E-state index in [-0.39, 0.29) is 23.9 Å². The van der Waals surface area contributed by atoms with Crippen molar-refractivity contribution in [3.05, 3.63) is 65.2 Å². The second-order valence-corrected chi connectivity index (χ2v) is 7.72. The Balaban J connectivity index is 0.00000280. The first kappa shape index (κ1) is 22.7. The molecule has 3 rings (SSSR count). The molecule has 0 bridgehead atoms. The smallest absolute Gasteiger partial charge is 0.220 e. The molecule has 2 aromatic carbocycles. The number of halogens is 3. The zero-order chi connectivity index (χ0) is 19.2. The Morgan fingerprint density at radius 1 is 1.29 bits per heavy atom. The summed E-state index contributed by atoms with van der Waals surface area (Å²) in [5, 5.41) is 6.21. The third-order valence-electron chi connectivity index (χ3n) is 4.94. The van der Waals surface area contributed by atoms with Gasteiger partial charge in [-0.15, -0.1) is 24.2 Å². The predicted octanol–water partition coefficient (Wildman–Crippen LogP) is 4.70. The quantitative estimate of drug-likeness (QED) is 0.630. The normalized spacial score (nSPS) is 17.0. The maximum atomic E-state index is 14.4. The fraction of sp³-hybridized carbons (Fsp3) is 0.381. The van der Waals surface area contributed by atoms with Gasteiger partial charge in [-0.2, -0.15) is 0 Å². The van der Waals surface area contributed by atoms with Gasteiger partial charge in [0.05, 0.1) is 6.04 Å². The summed E-state index contributed by atoms with van der Waals surface area (Å²) in [7, 11) is 0. The third kappa shape index (κ3) is 5.93. The molecule has 0 saturated carbocycles. The van der Waals surface area contributed by atoms with Gasteiger partial charge in [0.2, 0.25) is 5.91 Å². The van der Waals surface area contributed by atoms with Crippen molar-refractivity contribution < 1.29 is 13.6 Å². The van der Waals surface area contributed by atoms with Gasteiger partial charge in [0, 0.05) is 16.9 Å². The molecule has 1 heterocycles. The molecule has 0 spiro atoms. The standard InChI is InChI=1S/C21H24F2N2OS.ClH/c1-27-17-4-2-3-15(11-17)21(18-12-16(22)6-7-19(18)23)25-20(26)8-5-14-9-10-24-13-14;/h2-4,6-7,11-12,14,21,24H,5,8-10,13H2,1H3,(H,25,26);1H. The molecule has 152 valence electrons. The summed E-state index contributed by atoms with van der Waals surface area (Å²) in [5.41, 5.74) is 0.881. The minimum Gasteiger partial charge on any atom is -0.345 e. The first-order valence-electron chi connectivity index (χ1n) is 9.16. The minimum absolute atomic E-state index is 0. The minimum atomic E-state index is -0.720. The van der Waals surface area contributed by atoms with E-state index in [1.165, 1.54) is 0 Å². The fourth-order valence-corrected chi connectivity index (χ4v) is 3.90. The maximum absolute atomic E-state index is 14.4. The van der Waals surface area contributed by atoms with Gasteiger partial charge in [0.1, 0.15) is 11.6 Å². The Morgan fingerprint density at radius 2 is 2.11 bits per heavy atom. The van der Waals surface area contributed by atoms with Crippen molar-refractivity contribution in [3.63, 3.8) is 0 Å². The number of benzene rings is 2. The van der Waals surface area contributed by atoms with E-state index in [1.54, 1.807) is 11.8 Å². The molecule has 2 unspecified atom stereocenters. The number of nitrogens with one attached hydrogen (secondary N) is 2. The van der Waals surface area contributed by atoms with Crippen LogP contribution in [0.3, 0.4) is 0 Å². The average molecular weight is 427 g/mol. The van der Waals surface area contributed by atoms with E-state index in [9.17, 15) is 13.6 Å². The van der Waals surface area contributed by atoms with E-state index in [0.717, 1.165) is 54.6 Å². The largest absolute Gasteiger partial charge is 0.345 e. The predicted molar refractivity (Wildman–Crippen MR) is 112 cm³/mol. The monoisotopic (exact) mass is 426 g/mol. The molecule has 1 saturated heterocycles. The Hall–Kier alpha value is -1.63. The van der Waals surface area contributed by atoms with Crippen LogP contribution in [0, 0.1) is 17.6 Å². The molecule has 2 atom stereocenters. The molecule has 0 aliphatic carbocycles. The van der Waals surface area contributed by atoms with Crippen molar-refractivity contribution in [1.82, 2.24) is 10.6 Å². The Kier molecular flexibility index (Phi) is 8.73. The number of hydrogen-bond donors (Lipinski definition) is 2. The van der Waals surface area contributed by atoms with E-state index >= 15 is 0 Å². The lowest BCUT2D eigenvalue weighted by Gasteiger charge is -2.21. The van der Waals surface area contributed by atoms with Crippen LogP contribution in [0.5, 0.6) is 0 Å². The molecular weight excluding hydrogens is 402 g/mol. The van der Waals surface area contributed by atoms with Crippen LogP contribution in [0.2, 0.25) is 0 Å². The van der Waals surface area contributed by atoms with Crippen molar-refractivity contribution in [2.45, 2.75) is 30.2 Å². The number of amides is 1. The number of carbonyl (C=O) groups excluding carboxylic acids is 1. The van der Waals surface area contributed by atoms with Gasteiger partial charge in [-0.05, 0) is 74.0 Å². The van der Waals surface area contributed by atoms with Crippen molar-refractivity contribution in [2.24, 2.45) is 5.92 Å². The summed E-state index contributed by atoms with van der Waals surface area (Å²) < 4.78 is 28.2. The molecule has 1 aliphatic heterocycles. The van der Waals surface area contributed by atoms with Crippen LogP contribution in [-0.4, -0.2) is 25.3 Å². The third-order valence-corrected chi connectivity index (χ3v) is 5.67. The molecule has 1 fully saturated rings. The zero-order valence-corrected chi connectivity index (χ0v) is 17.3. The summed E-state index contributed by atoms with van der Waals surface area (Å²) in [6, 6.07) is 10.2. The number of rotatable bonds is 7. The highest BCUT2D eigenvalue weighted by Crippen LogP contribution is 2.28. The molecule has 3 nitrogen and oxygen atoms in total. The zero-order valence-electron chi connectivity index (χ0n) is 15.7. The lowest BCUT2D eigenvalue weighted by Crippen LogP contribution is -2.30. The molecule has 7 heteroatoms. The molecule has 0 aromatic heterocycles. The lowest BCUT2D eigenvalue weighted by atomic mass is 9.97. The molecule has 2 aromatic rings. The van der Waals surface area contributed by atoms with Crippen LogP contribution >= 0.6 is 24.2 Å². The summed E-state index contributed by atoms with van der Waals surface area (Å²) in [4.78, 5) is 13.6. The summed E-state index contributed by atoms with van der Waals surface area (Å²) in [6.07, 6.45) is 4.19. The lowest BCUT2D eigenvalue weighted by molar-refractivity contribution is -0.121. The van der Waals surface area contributed by atoms with E-state index in [0.29, 0.717) is 12.3 Å². The molecule has 28 heavy (non-hydrogen) atoms. The second-order valence-electron chi connectivity index (χ2n) is 6.84. The van der Waals surface area contributed by atoms with Gasteiger partial charge in [-0.25, -0.2) is 8.78 Å². The van der Waals surface area contributed by atoms with Crippen LogP contribution < -0.4 is 10.6 Å². The van der Waals surface area contributed by atoms with Gasteiger partial charge in [0.15, 0.2) is 0 Å². The summed E-state index contributed by atoms with van der Waals surface area (Å²) in [6.45, 7) is 1.93. The SMILES string of the molecule is CSc1cccc(C(NC(=O)CCC2CCNC2)c2cc(F)ccc2F)c1.Cl. The summed E-state index contributed by atoms with van der Waals surface area (Å²) >= 11 is 1.56. The van der Waals surface area contributed by atoms with Crippen LogP contribution in [0.1, 0.15) is 36.4 Å². The number of hydrogen-bond acceptors (Lipinski definition) is 3. The van der Waals surface area contributed by atoms with E-state index < -0.39 is 17.7 Å². The van der Waals surface area contributed by atoms with Crippen molar-refractivity contribution in [2.75, 3.05) is 19.3 Å². The first-order chi connectivity index (χ1) is 13.1.